The number of amides is 1. The second-order valence-corrected chi connectivity index (χ2v) is 9.96. The minimum absolute atomic E-state index is 0.128. The van der Waals surface area contributed by atoms with Crippen LogP contribution in [0.25, 0.3) is 0 Å². The molecule has 7 heteroatoms. The van der Waals surface area contributed by atoms with E-state index in [0.717, 1.165) is 15.4 Å². The van der Waals surface area contributed by atoms with E-state index in [1.807, 2.05) is 43.3 Å². The number of benzene rings is 3. The number of carbonyl (C=O) groups is 1. The standard InChI is InChI=1S/C26H30N2O4S/c1-19(2)21-14-16-22(17-15-21)28(33(30,31)23-10-6-5-7-11-23)18-26(29)27-20(3)24-12-8-9-13-25(24)32-4/h5-17,19-20H,18H2,1-4H3,(H,27,29)/t20-/m1/s1. The minimum Gasteiger partial charge on any atom is -0.496 e. The van der Waals surface area contributed by atoms with Gasteiger partial charge >= 0.3 is 0 Å². The molecule has 0 aliphatic rings. The minimum atomic E-state index is -3.95. The molecule has 0 spiro atoms. The molecule has 0 saturated carbocycles. The Morgan fingerprint density at radius 3 is 2.12 bits per heavy atom. The van der Waals surface area contributed by atoms with Crippen molar-refractivity contribution < 1.29 is 17.9 Å². The summed E-state index contributed by atoms with van der Waals surface area (Å²) in [6.07, 6.45) is 0. The molecule has 0 unspecified atom stereocenters. The van der Waals surface area contributed by atoms with E-state index < -0.39 is 15.9 Å². The van der Waals surface area contributed by atoms with E-state index >= 15 is 0 Å². The van der Waals surface area contributed by atoms with Gasteiger partial charge in [0.15, 0.2) is 0 Å². The van der Waals surface area contributed by atoms with Gasteiger partial charge in [0.2, 0.25) is 5.91 Å². The Morgan fingerprint density at radius 2 is 1.52 bits per heavy atom. The number of nitrogens with one attached hydrogen (secondary N) is 1. The summed E-state index contributed by atoms with van der Waals surface area (Å²) in [6, 6.07) is 22.4. The maximum Gasteiger partial charge on any atom is 0.264 e. The Bertz CT molecular complexity index is 1180. The van der Waals surface area contributed by atoms with E-state index in [-0.39, 0.29) is 17.5 Å². The first-order chi connectivity index (χ1) is 15.7. The SMILES string of the molecule is COc1ccccc1[C@@H](C)NC(=O)CN(c1ccc(C(C)C)cc1)S(=O)(=O)c1ccccc1. The molecule has 0 fully saturated rings. The summed E-state index contributed by atoms with van der Waals surface area (Å²) in [5.74, 6) is 0.549. The van der Waals surface area contributed by atoms with Crippen LogP contribution in [0.5, 0.6) is 5.75 Å². The van der Waals surface area contributed by atoms with Crippen molar-refractivity contribution in [1.29, 1.82) is 0 Å². The molecule has 3 rings (SSSR count). The van der Waals surface area contributed by atoms with Gasteiger partial charge < -0.3 is 10.1 Å². The molecule has 33 heavy (non-hydrogen) atoms. The second-order valence-electron chi connectivity index (χ2n) is 8.10. The van der Waals surface area contributed by atoms with Crippen molar-refractivity contribution >= 4 is 21.6 Å². The molecule has 1 atom stereocenters. The van der Waals surface area contributed by atoms with E-state index in [0.29, 0.717) is 17.4 Å². The maximum atomic E-state index is 13.5. The zero-order valence-corrected chi connectivity index (χ0v) is 20.2. The molecule has 0 aliphatic heterocycles. The van der Waals surface area contributed by atoms with E-state index in [9.17, 15) is 13.2 Å². The molecule has 0 aliphatic carbocycles. The van der Waals surface area contributed by atoms with Crippen LogP contribution >= 0.6 is 0 Å². The largest absolute Gasteiger partial charge is 0.496 e. The van der Waals surface area contributed by atoms with Crippen molar-refractivity contribution in [2.45, 2.75) is 37.6 Å². The van der Waals surface area contributed by atoms with Crippen LogP contribution in [0.3, 0.4) is 0 Å². The number of hydrogen-bond acceptors (Lipinski definition) is 4. The molecule has 1 amide bonds. The predicted octanol–water partition coefficient (Wildman–Crippen LogP) is 4.89. The molecule has 174 valence electrons. The van der Waals surface area contributed by atoms with Gasteiger partial charge in [0.1, 0.15) is 12.3 Å². The molecule has 0 radical (unpaired) electrons. The van der Waals surface area contributed by atoms with Crippen LogP contribution in [-0.4, -0.2) is 28.0 Å². The van der Waals surface area contributed by atoms with Crippen LogP contribution in [0.1, 0.15) is 43.9 Å². The first-order valence-electron chi connectivity index (χ1n) is 10.8. The third kappa shape index (κ3) is 5.73. The van der Waals surface area contributed by atoms with Crippen molar-refractivity contribution in [2.75, 3.05) is 18.0 Å². The zero-order valence-electron chi connectivity index (χ0n) is 19.4. The molecule has 0 bridgehead atoms. The normalized spacial score (nSPS) is 12.3. The lowest BCUT2D eigenvalue weighted by atomic mass is 10.0. The smallest absolute Gasteiger partial charge is 0.264 e. The summed E-state index contributed by atoms with van der Waals surface area (Å²) in [5.41, 5.74) is 2.33. The Kier molecular flexibility index (Phi) is 7.76. The number of hydrogen-bond donors (Lipinski definition) is 1. The highest BCUT2D eigenvalue weighted by Crippen LogP contribution is 2.27. The van der Waals surface area contributed by atoms with Gasteiger partial charge in [0.25, 0.3) is 10.0 Å². The monoisotopic (exact) mass is 466 g/mol. The van der Waals surface area contributed by atoms with Gasteiger partial charge in [-0.15, -0.1) is 0 Å². The summed E-state index contributed by atoms with van der Waals surface area (Å²) in [7, 11) is -2.38. The maximum absolute atomic E-state index is 13.5. The summed E-state index contributed by atoms with van der Waals surface area (Å²) < 4.78 is 33.5. The van der Waals surface area contributed by atoms with Gasteiger partial charge in [-0.05, 0) is 48.7 Å². The number of para-hydroxylation sites is 1. The third-order valence-electron chi connectivity index (χ3n) is 5.45. The fourth-order valence-corrected chi connectivity index (χ4v) is 5.02. The lowest BCUT2D eigenvalue weighted by molar-refractivity contribution is -0.120. The predicted molar refractivity (Wildman–Crippen MR) is 131 cm³/mol. The summed E-state index contributed by atoms with van der Waals surface area (Å²) in [5, 5.41) is 2.90. The summed E-state index contributed by atoms with van der Waals surface area (Å²) in [4.78, 5) is 13.1. The molecular formula is C26H30N2O4S. The topological polar surface area (TPSA) is 75.7 Å². The highest BCUT2D eigenvalue weighted by atomic mass is 32.2. The number of sulfonamides is 1. The number of carbonyl (C=O) groups excluding carboxylic acids is 1. The lowest BCUT2D eigenvalue weighted by Gasteiger charge is -2.26. The Hall–Kier alpha value is -3.32. The van der Waals surface area contributed by atoms with Crippen molar-refractivity contribution in [1.82, 2.24) is 5.32 Å². The van der Waals surface area contributed by atoms with Crippen molar-refractivity contribution in [3.63, 3.8) is 0 Å². The van der Waals surface area contributed by atoms with Crippen LogP contribution in [-0.2, 0) is 14.8 Å². The average Bonchev–Trinajstić information content (AvgIpc) is 2.83. The quantitative estimate of drug-likeness (QED) is 0.487. The third-order valence-corrected chi connectivity index (χ3v) is 7.24. The summed E-state index contributed by atoms with van der Waals surface area (Å²) in [6.45, 7) is 5.63. The fraction of sp³-hybridized carbons (Fsp3) is 0.269. The number of methoxy groups -OCH3 is 1. The Labute approximate surface area is 196 Å². The van der Waals surface area contributed by atoms with Gasteiger partial charge in [0.05, 0.1) is 23.7 Å². The van der Waals surface area contributed by atoms with Crippen LogP contribution < -0.4 is 14.4 Å². The first-order valence-corrected chi connectivity index (χ1v) is 12.3. The first kappa shape index (κ1) is 24.3. The second kappa shape index (κ2) is 10.5. The van der Waals surface area contributed by atoms with E-state index in [1.165, 1.54) is 12.1 Å². The van der Waals surface area contributed by atoms with Crippen LogP contribution in [0.2, 0.25) is 0 Å². The van der Waals surface area contributed by atoms with Gasteiger partial charge in [0, 0.05) is 5.56 Å². The molecular weight excluding hydrogens is 436 g/mol. The van der Waals surface area contributed by atoms with Crippen LogP contribution in [0, 0.1) is 0 Å². The number of rotatable bonds is 9. The van der Waals surface area contributed by atoms with E-state index in [2.05, 4.69) is 19.2 Å². The molecule has 1 N–H and O–H groups in total. The number of nitrogens with zero attached hydrogens (tertiary/aromatic N) is 1. The average molecular weight is 467 g/mol. The molecule has 3 aromatic rings. The number of anilines is 1. The van der Waals surface area contributed by atoms with Gasteiger partial charge in [-0.3, -0.25) is 9.10 Å². The fourth-order valence-electron chi connectivity index (χ4n) is 3.58. The van der Waals surface area contributed by atoms with E-state index in [4.69, 9.17) is 4.74 Å². The van der Waals surface area contributed by atoms with E-state index in [1.54, 1.807) is 37.4 Å². The van der Waals surface area contributed by atoms with Gasteiger partial charge in [-0.1, -0.05) is 62.4 Å². The molecule has 3 aromatic carbocycles. The van der Waals surface area contributed by atoms with Crippen molar-refractivity contribution in [2.24, 2.45) is 0 Å². The molecule has 0 heterocycles. The Balaban J connectivity index is 1.90. The van der Waals surface area contributed by atoms with Gasteiger partial charge in [-0.2, -0.15) is 0 Å². The lowest BCUT2D eigenvalue weighted by Crippen LogP contribution is -2.41. The molecule has 0 saturated heterocycles. The highest BCUT2D eigenvalue weighted by molar-refractivity contribution is 7.92. The van der Waals surface area contributed by atoms with Crippen molar-refractivity contribution in [3.05, 3.63) is 90.0 Å². The molecule has 0 aromatic heterocycles. The van der Waals surface area contributed by atoms with Crippen molar-refractivity contribution in [3.8, 4) is 5.75 Å². The Morgan fingerprint density at radius 1 is 0.909 bits per heavy atom. The van der Waals surface area contributed by atoms with Crippen LogP contribution in [0.15, 0.2) is 83.8 Å². The number of ether oxygens (including phenoxy) is 1. The van der Waals surface area contributed by atoms with Crippen LogP contribution in [0.4, 0.5) is 5.69 Å². The highest BCUT2D eigenvalue weighted by Gasteiger charge is 2.28. The van der Waals surface area contributed by atoms with Gasteiger partial charge in [-0.25, -0.2) is 8.42 Å². The summed E-state index contributed by atoms with van der Waals surface area (Å²) >= 11 is 0. The zero-order chi connectivity index (χ0) is 24.0. The molecule has 6 nitrogen and oxygen atoms in total.